The van der Waals surface area contributed by atoms with Crippen LogP contribution in [0.2, 0.25) is 0 Å². The highest BCUT2D eigenvalue weighted by molar-refractivity contribution is 7.13. The van der Waals surface area contributed by atoms with Crippen molar-refractivity contribution in [1.82, 2.24) is 10.3 Å². The van der Waals surface area contributed by atoms with Gasteiger partial charge in [-0.05, 0) is 51.0 Å². The lowest BCUT2D eigenvalue weighted by atomic mass is 10.0. The van der Waals surface area contributed by atoms with Gasteiger partial charge in [-0.25, -0.2) is 9.78 Å². The number of carbonyl (C=O) groups is 2. The SMILES string of the molecule is CCOC(=O)c1cccnc1N1CCC(NC(=O)c2ccc(C)s2)CC1. The van der Waals surface area contributed by atoms with Crippen LogP contribution in [0.15, 0.2) is 30.5 Å². The second-order valence-electron chi connectivity index (χ2n) is 6.24. The second kappa shape index (κ2) is 8.31. The lowest BCUT2D eigenvalue weighted by Gasteiger charge is -2.33. The van der Waals surface area contributed by atoms with Crippen LogP contribution in [-0.2, 0) is 4.74 Å². The van der Waals surface area contributed by atoms with Crippen molar-refractivity contribution in [2.24, 2.45) is 0 Å². The summed E-state index contributed by atoms with van der Waals surface area (Å²) in [6.07, 6.45) is 3.31. The molecule has 0 bridgehead atoms. The number of aryl methyl sites for hydroxylation is 1. The molecule has 0 aromatic carbocycles. The van der Waals surface area contributed by atoms with Crippen molar-refractivity contribution in [2.75, 3.05) is 24.6 Å². The van der Waals surface area contributed by atoms with Gasteiger partial charge in [0.15, 0.2) is 0 Å². The highest BCUT2D eigenvalue weighted by atomic mass is 32.1. The summed E-state index contributed by atoms with van der Waals surface area (Å²) in [7, 11) is 0. The van der Waals surface area contributed by atoms with E-state index >= 15 is 0 Å². The predicted molar refractivity (Wildman–Crippen MR) is 102 cm³/mol. The van der Waals surface area contributed by atoms with Crippen molar-refractivity contribution >= 4 is 29.0 Å². The molecule has 1 aliphatic heterocycles. The quantitative estimate of drug-likeness (QED) is 0.816. The van der Waals surface area contributed by atoms with Crippen molar-refractivity contribution < 1.29 is 14.3 Å². The van der Waals surface area contributed by atoms with Gasteiger partial charge in [0.05, 0.1) is 11.5 Å². The van der Waals surface area contributed by atoms with Crippen LogP contribution in [-0.4, -0.2) is 42.6 Å². The molecule has 0 atom stereocenters. The fourth-order valence-electron chi connectivity index (χ4n) is 3.07. The first-order valence-corrected chi connectivity index (χ1v) is 9.64. The molecular formula is C19H23N3O3S. The molecule has 2 aromatic heterocycles. The average Bonchev–Trinajstić information content (AvgIpc) is 3.09. The molecule has 0 unspecified atom stereocenters. The van der Waals surface area contributed by atoms with Crippen LogP contribution in [0.1, 0.15) is 44.7 Å². The van der Waals surface area contributed by atoms with E-state index in [1.54, 1.807) is 25.3 Å². The van der Waals surface area contributed by atoms with Crippen molar-refractivity contribution in [3.8, 4) is 0 Å². The maximum absolute atomic E-state index is 12.3. The fourth-order valence-corrected chi connectivity index (χ4v) is 3.84. The molecule has 1 saturated heterocycles. The van der Waals surface area contributed by atoms with Gasteiger partial charge >= 0.3 is 5.97 Å². The summed E-state index contributed by atoms with van der Waals surface area (Å²) in [4.78, 5) is 32.8. The maximum Gasteiger partial charge on any atom is 0.341 e. The number of pyridine rings is 1. The number of nitrogens with one attached hydrogen (secondary N) is 1. The van der Waals surface area contributed by atoms with Gasteiger partial charge in [0.2, 0.25) is 0 Å². The summed E-state index contributed by atoms with van der Waals surface area (Å²) in [5.41, 5.74) is 0.492. The van der Waals surface area contributed by atoms with Gasteiger partial charge in [0.1, 0.15) is 11.4 Å². The van der Waals surface area contributed by atoms with E-state index in [-0.39, 0.29) is 17.9 Å². The molecule has 7 heteroatoms. The lowest BCUT2D eigenvalue weighted by molar-refractivity contribution is 0.0526. The zero-order valence-corrected chi connectivity index (χ0v) is 15.8. The monoisotopic (exact) mass is 373 g/mol. The van der Waals surface area contributed by atoms with Crippen LogP contribution in [0.5, 0.6) is 0 Å². The van der Waals surface area contributed by atoms with Crippen molar-refractivity contribution in [3.05, 3.63) is 45.8 Å². The Bertz CT molecular complexity index is 782. The van der Waals surface area contributed by atoms with E-state index in [2.05, 4.69) is 15.2 Å². The highest BCUT2D eigenvalue weighted by Crippen LogP contribution is 2.23. The zero-order valence-electron chi connectivity index (χ0n) is 15.0. The number of thiophene rings is 1. The third-order valence-electron chi connectivity index (χ3n) is 4.38. The van der Waals surface area contributed by atoms with Crippen LogP contribution in [0.4, 0.5) is 5.82 Å². The van der Waals surface area contributed by atoms with Crippen molar-refractivity contribution in [3.63, 3.8) is 0 Å². The fraction of sp³-hybridized carbons (Fsp3) is 0.421. The Hall–Kier alpha value is -2.41. The number of aromatic nitrogens is 1. The first kappa shape index (κ1) is 18.4. The van der Waals surface area contributed by atoms with Gasteiger partial charge in [-0.1, -0.05) is 0 Å². The molecule has 1 amide bonds. The van der Waals surface area contributed by atoms with E-state index in [1.807, 2.05) is 19.1 Å². The highest BCUT2D eigenvalue weighted by Gasteiger charge is 2.25. The minimum atomic E-state index is -0.348. The van der Waals surface area contributed by atoms with E-state index < -0.39 is 0 Å². The number of amides is 1. The number of nitrogens with zero attached hydrogens (tertiary/aromatic N) is 2. The van der Waals surface area contributed by atoms with Gasteiger partial charge < -0.3 is 15.0 Å². The molecule has 6 nitrogen and oxygen atoms in total. The van der Waals surface area contributed by atoms with Crippen LogP contribution in [0.3, 0.4) is 0 Å². The Labute approximate surface area is 157 Å². The van der Waals surface area contributed by atoms with E-state index in [0.717, 1.165) is 35.7 Å². The van der Waals surface area contributed by atoms with E-state index in [1.165, 1.54) is 11.3 Å². The number of esters is 1. The minimum absolute atomic E-state index is 0.00778. The van der Waals surface area contributed by atoms with Crippen LogP contribution in [0.25, 0.3) is 0 Å². The smallest absolute Gasteiger partial charge is 0.341 e. The number of anilines is 1. The normalized spacial score (nSPS) is 14.9. The number of hydrogen-bond donors (Lipinski definition) is 1. The van der Waals surface area contributed by atoms with Crippen molar-refractivity contribution in [2.45, 2.75) is 32.7 Å². The summed E-state index contributed by atoms with van der Waals surface area (Å²) >= 11 is 1.51. The van der Waals surface area contributed by atoms with E-state index in [0.29, 0.717) is 18.0 Å². The number of hydrogen-bond acceptors (Lipinski definition) is 6. The number of carbonyl (C=O) groups excluding carboxylic acids is 2. The molecule has 1 N–H and O–H groups in total. The Balaban J connectivity index is 1.60. The molecule has 0 spiro atoms. The Morgan fingerprint density at radius 2 is 2.08 bits per heavy atom. The third-order valence-corrected chi connectivity index (χ3v) is 5.38. The van der Waals surface area contributed by atoms with Gasteiger partial charge in [-0.2, -0.15) is 0 Å². The van der Waals surface area contributed by atoms with Gasteiger partial charge in [-0.15, -0.1) is 11.3 Å². The second-order valence-corrected chi connectivity index (χ2v) is 7.53. The standard InChI is InChI=1S/C19H23N3O3S/c1-3-25-19(24)15-5-4-10-20-17(15)22-11-8-14(9-12-22)21-18(23)16-7-6-13(2)26-16/h4-7,10,14H,3,8-9,11-12H2,1-2H3,(H,21,23). The Morgan fingerprint density at radius 1 is 1.31 bits per heavy atom. The summed E-state index contributed by atoms with van der Waals surface area (Å²) in [5, 5.41) is 3.11. The zero-order chi connectivity index (χ0) is 18.5. The summed E-state index contributed by atoms with van der Waals surface area (Å²) in [6, 6.07) is 7.44. The molecule has 26 heavy (non-hydrogen) atoms. The predicted octanol–water partition coefficient (Wildman–Crippen LogP) is 3.03. The number of ether oxygens (including phenoxy) is 1. The summed E-state index contributed by atoms with van der Waals surface area (Å²) < 4.78 is 5.12. The Morgan fingerprint density at radius 3 is 2.73 bits per heavy atom. The van der Waals surface area contributed by atoms with Gasteiger partial charge in [0, 0.05) is 30.2 Å². The largest absolute Gasteiger partial charge is 0.462 e. The third kappa shape index (κ3) is 4.22. The molecule has 3 heterocycles. The van der Waals surface area contributed by atoms with E-state index in [9.17, 15) is 9.59 Å². The molecular weight excluding hydrogens is 350 g/mol. The molecule has 1 aliphatic rings. The van der Waals surface area contributed by atoms with Crippen LogP contribution in [0, 0.1) is 6.92 Å². The van der Waals surface area contributed by atoms with E-state index in [4.69, 9.17) is 4.74 Å². The first-order chi connectivity index (χ1) is 12.6. The molecule has 1 fully saturated rings. The summed E-state index contributed by atoms with van der Waals surface area (Å²) in [6.45, 7) is 5.59. The van der Waals surface area contributed by atoms with Gasteiger partial charge in [0.25, 0.3) is 5.91 Å². The topological polar surface area (TPSA) is 71.5 Å². The average molecular weight is 373 g/mol. The first-order valence-electron chi connectivity index (χ1n) is 8.83. The molecule has 0 radical (unpaired) electrons. The Kier molecular flexibility index (Phi) is 5.88. The molecule has 2 aromatic rings. The summed E-state index contributed by atoms with van der Waals surface area (Å²) in [5.74, 6) is 0.301. The molecule has 3 rings (SSSR count). The number of rotatable bonds is 5. The number of piperidine rings is 1. The van der Waals surface area contributed by atoms with Crippen LogP contribution < -0.4 is 10.2 Å². The van der Waals surface area contributed by atoms with Crippen LogP contribution >= 0.6 is 11.3 Å². The van der Waals surface area contributed by atoms with Crippen molar-refractivity contribution in [1.29, 1.82) is 0 Å². The maximum atomic E-state index is 12.3. The minimum Gasteiger partial charge on any atom is -0.462 e. The molecule has 0 aliphatic carbocycles. The van der Waals surface area contributed by atoms with Gasteiger partial charge in [-0.3, -0.25) is 4.79 Å². The molecule has 138 valence electrons. The lowest BCUT2D eigenvalue weighted by Crippen LogP contribution is -2.45. The molecule has 0 saturated carbocycles.